The minimum atomic E-state index is -4.10. The van der Waals surface area contributed by atoms with E-state index in [9.17, 15) is 13.2 Å². The monoisotopic (exact) mass is 239 g/mol. The molecule has 0 aromatic carbocycles. The van der Waals surface area contributed by atoms with E-state index in [1.54, 1.807) is 6.92 Å². The SMILES string of the molecule is CCC(NC(C)CC(F)(F)F)C1CCCO1. The Hall–Kier alpha value is -0.290. The van der Waals surface area contributed by atoms with Gasteiger partial charge in [0.15, 0.2) is 0 Å². The molecule has 1 rings (SSSR count). The van der Waals surface area contributed by atoms with Crippen LogP contribution in [0.1, 0.15) is 39.5 Å². The van der Waals surface area contributed by atoms with E-state index in [2.05, 4.69) is 5.32 Å². The highest BCUT2D eigenvalue weighted by molar-refractivity contribution is 4.82. The van der Waals surface area contributed by atoms with Crippen LogP contribution in [0.5, 0.6) is 0 Å². The molecule has 0 aromatic heterocycles. The number of alkyl halides is 3. The largest absolute Gasteiger partial charge is 0.390 e. The van der Waals surface area contributed by atoms with Crippen LogP contribution in [-0.4, -0.2) is 31.0 Å². The Labute approximate surface area is 94.5 Å². The van der Waals surface area contributed by atoms with Crippen molar-refractivity contribution in [3.63, 3.8) is 0 Å². The van der Waals surface area contributed by atoms with Crippen molar-refractivity contribution in [1.82, 2.24) is 5.32 Å². The molecule has 3 unspecified atom stereocenters. The first-order valence-electron chi connectivity index (χ1n) is 5.86. The van der Waals surface area contributed by atoms with E-state index in [0.717, 1.165) is 25.9 Å². The van der Waals surface area contributed by atoms with Crippen molar-refractivity contribution in [2.75, 3.05) is 6.61 Å². The maximum atomic E-state index is 12.2. The van der Waals surface area contributed by atoms with Gasteiger partial charge in [0.25, 0.3) is 0 Å². The normalized spacial score (nSPS) is 25.7. The van der Waals surface area contributed by atoms with Gasteiger partial charge in [0.1, 0.15) is 0 Å². The molecule has 16 heavy (non-hydrogen) atoms. The first kappa shape index (κ1) is 13.8. The van der Waals surface area contributed by atoms with Crippen LogP contribution < -0.4 is 5.32 Å². The Balaban J connectivity index is 2.37. The lowest BCUT2D eigenvalue weighted by molar-refractivity contribution is -0.140. The van der Waals surface area contributed by atoms with Crippen molar-refractivity contribution >= 4 is 0 Å². The predicted octanol–water partition coefficient (Wildman–Crippen LogP) is 2.87. The third-order valence-corrected chi connectivity index (χ3v) is 2.89. The summed E-state index contributed by atoms with van der Waals surface area (Å²) in [4.78, 5) is 0. The summed E-state index contributed by atoms with van der Waals surface area (Å²) in [7, 11) is 0. The fourth-order valence-corrected chi connectivity index (χ4v) is 2.18. The Morgan fingerprint density at radius 1 is 1.44 bits per heavy atom. The zero-order valence-electron chi connectivity index (χ0n) is 9.81. The zero-order chi connectivity index (χ0) is 12.2. The predicted molar refractivity (Wildman–Crippen MR) is 56.3 cm³/mol. The van der Waals surface area contributed by atoms with Crippen LogP contribution in [0, 0.1) is 0 Å². The van der Waals surface area contributed by atoms with Gasteiger partial charge in [0.05, 0.1) is 12.5 Å². The average Bonchev–Trinajstić information content (AvgIpc) is 2.63. The van der Waals surface area contributed by atoms with Crippen molar-refractivity contribution in [3.8, 4) is 0 Å². The standard InChI is InChI=1S/C11H20F3NO/c1-3-9(10-5-4-6-16-10)15-8(2)7-11(12,13)14/h8-10,15H,3-7H2,1-2H3. The van der Waals surface area contributed by atoms with Crippen LogP contribution >= 0.6 is 0 Å². The number of halogens is 3. The second kappa shape index (κ2) is 5.87. The van der Waals surface area contributed by atoms with Crippen molar-refractivity contribution < 1.29 is 17.9 Å². The van der Waals surface area contributed by atoms with Crippen molar-refractivity contribution in [3.05, 3.63) is 0 Å². The van der Waals surface area contributed by atoms with Gasteiger partial charge >= 0.3 is 6.18 Å². The summed E-state index contributed by atoms with van der Waals surface area (Å²) in [6.07, 6.45) is -2.04. The number of hydrogen-bond acceptors (Lipinski definition) is 2. The van der Waals surface area contributed by atoms with E-state index in [1.165, 1.54) is 0 Å². The smallest absolute Gasteiger partial charge is 0.377 e. The Morgan fingerprint density at radius 2 is 2.12 bits per heavy atom. The van der Waals surface area contributed by atoms with Gasteiger partial charge in [-0.1, -0.05) is 6.92 Å². The molecule has 1 saturated heterocycles. The lowest BCUT2D eigenvalue weighted by Gasteiger charge is -2.27. The van der Waals surface area contributed by atoms with E-state index >= 15 is 0 Å². The van der Waals surface area contributed by atoms with Gasteiger partial charge in [-0.2, -0.15) is 13.2 Å². The van der Waals surface area contributed by atoms with Gasteiger partial charge in [-0.15, -0.1) is 0 Å². The van der Waals surface area contributed by atoms with Gasteiger partial charge in [0, 0.05) is 18.7 Å². The first-order chi connectivity index (χ1) is 7.42. The molecule has 1 fully saturated rings. The molecule has 1 heterocycles. The highest BCUT2D eigenvalue weighted by Gasteiger charge is 2.32. The van der Waals surface area contributed by atoms with Crippen LogP contribution in [0.25, 0.3) is 0 Å². The van der Waals surface area contributed by atoms with E-state index in [4.69, 9.17) is 4.74 Å². The van der Waals surface area contributed by atoms with Crippen LogP contribution in [0.4, 0.5) is 13.2 Å². The summed E-state index contributed by atoms with van der Waals surface area (Å²) >= 11 is 0. The molecule has 1 N–H and O–H groups in total. The summed E-state index contributed by atoms with van der Waals surface area (Å²) in [6, 6.07) is -0.506. The minimum Gasteiger partial charge on any atom is -0.377 e. The van der Waals surface area contributed by atoms with Crippen LogP contribution in [0.15, 0.2) is 0 Å². The Morgan fingerprint density at radius 3 is 2.56 bits per heavy atom. The molecule has 0 spiro atoms. The molecule has 3 atom stereocenters. The van der Waals surface area contributed by atoms with E-state index < -0.39 is 18.6 Å². The molecule has 0 bridgehead atoms. The molecule has 5 heteroatoms. The summed E-state index contributed by atoms with van der Waals surface area (Å²) in [5.74, 6) is 0. The van der Waals surface area contributed by atoms with E-state index in [-0.39, 0.29) is 12.1 Å². The van der Waals surface area contributed by atoms with E-state index in [0.29, 0.717) is 0 Å². The summed E-state index contributed by atoms with van der Waals surface area (Å²) in [6.45, 7) is 4.28. The second-order valence-electron chi connectivity index (χ2n) is 4.45. The highest BCUT2D eigenvalue weighted by Crippen LogP contribution is 2.23. The minimum absolute atomic E-state index is 0.0415. The molecule has 0 radical (unpaired) electrons. The lowest BCUT2D eigenvalue weighted by Crippen LogP contribution is -2.45. The van der Waals surface area contributed by atoms with E-state index in [1.807, 2.05) is 6.92 Å². The summed E-state index contributed by atoms with van der Waals surface area (Å²) in [5, 5.41) is 3.02. The quantitative estimate of drug-likeness (QED) is 0.796. The molecular weight excluding hydrogens is 219 g/mol. The first-order valence-corrected chi connectivity index (χ1v) is 5.86. The van der Waals surface area contributed by atoms with Gasteiger partial charge in [-0.25, -0.2) is 0 Å². The molecular formula is C11H20F3NO. The molecule has 1 aliphatic rings. The summed E-state index contributed by atoms with van der Waals surface area (Å²) < 4.78 is 42.0. The van der Waals surface area contributed by atoms with Gasteiger partial charge < -0.3 is 10.1 Å². The fraction of sp³-hybridized carbons (Fsp3) is 1.00. The van der Waals surface area contributed by atoms with Gasteiger partial charge in [0.2, 0.25) is 0 Å². The Kier molecular flexibility index (Phi) is 5.05. The molecule has 96 valence electrons. The maximum absolute atomic E-state index is 12.2. The van der Waals surface area contributed by atoms with Gasteiger partial charge in [-0.3, -0.25) is 0 Å². The average molecular weight is 239 g/mol. The molecule has 2 nitrogen and oxygen atoms in total. The van der Waals surface area contributed by atoms with Crippen LogP contribution in [0.3, 0.4) is 0 Å². The molecule has 1 aliphatic heterocycles. The molecule has 0 aliphatic carbocycles. The third kappa shape index (κ3) is 4.70. The Bertz CT molecular complexity index is 202. The number of nitrogens with one attached hydrogen (secondary N) is 1. The molecule has 0 aromatic rings. The van der Waals surface area contributed by atoms with Crippen LogP contribution in [0.2, 0.25) is 0 Å². The number of rotatable bonds is 5. The number of hydrogen-bond donors (Lipinski definition) is 1. The third-order valence-electron chi connectivity index (χ3n) is 2.89. The molecule has 0 saturated carbocycles. The fourth-order valence-electron chi connectivity index (χ4n) is 2.18. The van der Waals surface area contributed by atoms with Crippen molar-refractivity contribution in [2.45, 2.75) is 63.9 Å². The van der Waals surface area contributed by atoms with Crippen molar-refractivity contribution in [2.24, 2.45) is 0 Å². The zero-order valence-corrected chi connectivity index (χ0v) is 9.81. The van der Waals surface area contributed by atoms with Crippen molar-refractivity contribution in [1.29, 1.82) is 0 Å². The number of ether oxygens (including phenoxy) is 1. The maximum Gasteiger partial charge on any atom is 0.390 e. The lowest BCUT2D eigenvalue weighted by atomic mass is 10.0. The second-order valence-corrected chi connectivity index (χ2v) is 4.45. The highest BCUT2D eigenvalue weighted by atomic mass is 19.4. The van der Waals surface area contributed by atoms with Gasteiger partial charge in [-0.05, 0) is 26.2 Å². The van der Waals surface area contributed by atoms with Crippen LogP contribution in [-0.2, 0) is 4.74 Å². The molecule has 0 amide bonds. The summed E-state index contributed by atoms with van der Waals surface area (Å²) in [5.41, 5.74) is 0. The topological polar surface area (TPSA) is 21.3 Å².